The molecule has 0 bridgehead atoms. The highest BCUT2D eigenvalue weighted by molar-refractivity contribution is 5.37. The zero-order valence-electron chi connectivity index (χ0n) is 13.4. The van der Waals surface area contributed by atoms with Gasteiger partial charge in [-0.1, -0.05) is 0 Å². The third-order valence-corrected chi connectivity index (χ3v) is 5.28. The molecule has 1 saturated carbocycles. The monoisotopic (exact) mass is 302 g/mol. The first-order valence-corrected chi connectivity index (χ1v) is 8.70. The van der Waals surface area contributed by atoms with Crippen molar-refractivity contribution in [3.05, 3.63) is 17.8 Å². The maximum Gasteiger partial charge on any atom is 0.151 e. The molecule has 1 aromatic heterocycles. The molecular formula is C17H26N4O. The highest BCUT2D eigenvalue weighted by Gasteiger charge is 2.37. The van der Waals surface area contributed by atoms with Crippen LogP contribution in [0.5, 0.6) is 0 Å². The van der Waals surface area contributed by atoms with Crippen molar-refractivity contribution in [1.29, 1.82) is 0 Å². The third kappa shape index (κ3) is 3.10. The Labute approximate surface area is 132 Å². The second-order valence-corrected chi connectivity index (χ2v) is 7.01. The Balaban J connectivity index is 1.44. The van der Waals surface area contributed by atoms with E-state index in [4.69, 9.17) is 4.74 Å². The summed E-state index contributed by atoms with van der Waals surface area (Å²) in [6, 6.07) is 4.74. The summed E-state index contributed by atoms with van der Waals surface area (Å²) in [5, 5.41) is 8.56. The van der Waals surface area contributed by atoms with E-state index in [1.54, 1.807) is 0 Å². The highest BCUT2D eigenvalue weighted by atomic mass is 16.5. The van der Waals surface area contributed by atoms with Crippen molar-refractivity contribution in [1.82, 2.24) is 15.1 Å². The van der Waals surface area contributed by atoms with Crippen LogP contribution in [0, 0.1) is 12.8 Å². The SMILES string of the molecule is Cc1ccc(N2CC[C@H]3OCCN(CC4CC4)[C@H]3CC2)nn1. The number of ether oxygens (including phenoxy) is 1. The smallest absolute Gasteiger partial charge is 0.151 e. The van der Waals surface area contributed by atoms with Crippen LogP contribution in [0.1, 0.15) is 31.4 Å². The number of nitrogens with zero attached hydrogens (tertiary/aromatic N) is 4. The Hall–Kier alpha value is -1.20. The Bertz CT molecular complexity index is 502. The van der Waals surface area contributed by atoms with Gasteiger partial charge in [0.05, 0.1) is 18.4 Å². The molecule has 0 unspecified atom stereocenters. The molecule has 4 rings (SSSR count). The van der Waals surface area contributed by atoms with Gasteiger partial charge in [0.25, 0.3) is 0 Å². The largest absolute Gasteiger partial charge is 0.375 e. The van der Waals surface area contributed by atoms with Gasteiger partial charge in [0.1, 0.15) is 0 Å². The number of anilines is 1. The number of morpholine rings is 1. The lowest BCUT2D eigenvalue weighted by Crippen LogP contribution is -2.51. The topological polar surface area (TPSA) is 41.5 Å². The van der Waals surface area contributed by atoms with Crippen LogP contribution >= 0.6 is 0 Å². The van der Waals surface area contributed by atoms with Gasteiger partial charge in [-0.05, 0) is 50.7 Å². The number of aryl methyl sites for hydroxylation is 1. The van der Waals surface area contributed by atoms with Crippen LogP contribution in [0.3, 0.4) is 0 Å². The van der Waals surface area contributed by atoms with Crippen LogP contribution in [0.15, 0.2) is 12.1 Å². The zero-order chi connectivity index (χ0) is 14.9. The molecule has 5 heteroatoms. The van der Waals surface area contributed by atoms with Gasteiger partial charge in [-0.15, -0.1) is 5.10 Å². The van der Waals surface area contributed by atoms with Crippen molar-refractivity contribution >= 4 is 5.82 Å². The number of fused-ring (bicyclic) bond motifs is 1. The first-order chi connectivity index (χ1) is 10.8. The lowest BCUT2D eigenvalue weighted by molar-refractivity contribution is -0.0726. The maximum absolute atomic E-state index is 6.09. The quantitative estimate of drug-likeness (QED) is 0.852. The molecule has 2 atom stereocenters. The van der Waals surface area contributed by atoms with E-state index in [1.165, 1.54) is 25.8 Å². The summed E-state index contributed by atoms with van der Waals surface area (Å²) >= 11 is 0. The number of hydrogen-bond acceptors (Lipinski definition) is 5. The van der Waals surface area contributed by atoms with Gasteiger partial charge < -0.3 is 9.64 Å². The summed E-state index contributed by atoms with van der Waals surface area (Å²) in [6.45, 7) is 7.37. The number of aromatic nitrogens is 2. The van der Waals surface area contributed by atoms with E-state index in [2.05, 4.69) is 32.1 Å². The fourth-order valence-corrected chi connectivity index (χ4v) is 3.81. The molecule has 0 spiro atoms. The van der Waals surface area contributed by atoms with Gasteiger partial charge in [0.2, 0.25) is 0 Å². The van der Waals surface area contributed by atoms with Crippen molar-refractivity contribution in [2.45, 2.75) is 44.8 Å². The average Bonchev–Trinajstić information content (AvgIpc) is 3.35. The van der Waals surface area contributed by atoms with Crippen molar-refractivity contribution in [2.24, 2.45) is 5.92 Å². The predicted molar refractivity (Wildman–Crippen MR) is 86.0 cm³/mol. The molecule has 0 aromatic carbocycles. The van der Waals surface area contributed by atoms with Crippen LogP contribution in [0.2, 0.25) is 0 Å². The molecule has 2 aliphatic heterocycles. The molecule has 120 valence electrons. The van der Waals surface area contributed by atoms with Gasteiger partial charge in [-0.2, -0.15) is 5.10 Å². The summed E-state index contributed by atoms with van der Waals surface area (Å²) in [4.78, 5) is 5.08. The maximum atomic E-state index is 6.09. The molecule has 22 heavy (non-hydrogen) atoms. The Morgan fingerprint density at radius 1 is 1.09 bits per heavy atom. The predicted octanol–water partition coefficient (Wildman–Crippen LogP) is 1.86. The van der Waals surface area contributed by atoms with Crippen LogP contribution in [-0.4, -0.2) is 60.0 Å². The first kappa shape index (κ1) is 14.4. The van der Waals surface area contributed by atoms with Crippen LogP contribution < -0.4 is 4.90 Å². The number of hydrogen-bond donors (Lipinski definition) is 0. The molecule has 3 fully saturated rings. The lowest BCUT2D eigenvalue weighted by Gasteiger charge is -2.40. The second kappa shape index (κ2) is 6.13. The molecule has 2 saturated heterocycles. The normalized spacial score (nSPS) is 30.0. The Morgan fingerprint density at radius 3 is 2.73 bits per heavy atom. The molecular weight excluding hydrogens is 276 g/mol. The highest BCUT2D eigenvalue weighted by Crippen LogP contribution is 2.33. The van der Waals surface area contributed by atoms with Gasteiger partial charge in [-0.3, -0.25) is 4.90 Å². The van der Waals surface area contributed by atoms with E-state index < -0.39 is 0 Å². The zero-order valence-corrected chi connectivity index (χ0v) is 13.4. The van der Waals surface area contributed by atoms with Gasteiger partial charge in [0.15, 0.2) is 5.82 Å². The van der Waals surface area contributed by atoms with E-state index in [0.717, 1.165) is 50.1 Å². The summed E-state index contributed by atoms with van der Waals surface area (Å²) in [7, 11) is 0. The standard InChI is InChI=1S/C17H26N4O/c1-13-2-5-17(19-18-13)20-8-6-15-16(7-9-20)22-11-10-21(15)12-14-3-4-14/h2,5,14-16H,3-4,6-12H2,1H3/t15-,16+/m0/s1. The minimum absolute atomic E-state index is 0.399. The van der Waals surface area contributed by atoms with E-state index in [1.807, 2.05) is 6.92 Å². The molecule has 0 N–H and O–H groups in total. The second-order valence-electron chi connectivity index (χ2n) is 7.01. The minimum atomic E-state index is 0.399. The summed E-state index contributed by atoms with van der Waals surface area (Å²) in [5.74, 6) is 1.97. The minimum Gasteiger partial charge on any atom is -0.375 e. The van der Waals surface area contributed by atoms with E-state index in [-0.39, 0.29) is 0 Å². The fourth-order valence-electron chi connectivity index (χ4n) is 3.81. The Kier molecular flexibility index (Phi) is 4.01. The van der Waals surface area contributed by atoms with Crippen LogP contribution in [-0.2, 0) is 4.74 Å². The molecule has 5 nitrogen and oxygen atoms in total. The van der Waals surface area contributed by atoms with Gasteiger partial charge in [-0.25, -0.2) is 0 Å². The molecule has 1 aromatic rings. The third-order valence-electron chi connectivity index (χ3n) is 5.28. The molecule has 0 amide bonds. The first-order valence-electron chi connectivity index (χ1n) is 8.70. The van der Waals surface area contributed by atoms with E-state index >= 15 is 0 Å². The number of rotatable bonds is 3. The summed E-state index contributed by atoms with van der Waals surface area (Å²) < 4.78 is 6.09. The van der Waals surface area contributed by atoms with Crippen molar-refractivity contribution < 1.29 is 4.74 Å². The van der Waals surface area contributed by atoms with Crippen LogP contribution in [0.4, 0.5) is 5.82 Å². The fraction of sp³-hybridized carbons (Fsp3) is 0.765. The average molecular weight is 302 g/mol. The van der Waals surface area contributed by atoms with Crippen molar-refractivity contribution in [3.8, 4) is 0 Å². The summed E-state index contributed by atoms with van der Waals surface area (Å²) in [6.07, 6.45) is 5.53. The van der Waals surface area contributed by atoms with Crippen molar-refractivity contribution in [2.75, 3.05) is 37.7 Å². The molecule has 0 radical (unpaired) electrons. The Morgan fingerprint density at radius 2 is 1.95 bits per heavy atom. The van der Waals surface area contributed by atoms with Crippen molar-refractivity contribution in [3.63, 3.8) is 0 Å². The van der Waals surface area contributed by atoms with E-state index in [9.17, 15) is 0 Å². The molecule has 3 aliphatic rings. The van der Waals surface area contributed by atoms with Crippen LogP contribution in [0.25, 0.3) is 0 Å². The summed E-state index contributed by atoms with van der Waals surface area (Å²) in [5.41, 5.74) is 0.978. The van der Waals surface area contributed by atoms with Gasteiger partial charge in [0, 0.05) is 32.2 Å². The van der Waals surface area contributed by atoms with Gasteiger partial charge >= 0.3 is 0 Å². The molecule has 1 aliphatic carbocycles. The lowest BCUT2D eigenvalue weighted by atomic mass is 10.0. The molecule has 3 heterocycles. The van der Waals surface area contributed by atoms with E-state index in [0.29, 0.717) is 12.1 Å².